The fourth-order valence-corrected chi connectivity index (χ4v) is 6.27. The van der Waals surface area contributed by atoms with Crippen molar-refractivity contribution in [3.8, 4) is 5.75 Å². The molecule has 9 nitrogen and oxygen atoms in total. The van der Waals surface area contributed by atoms with Gasteiger partial charge in [0.25, 0.3) is 5.91 Å². The molecule has 4 N–H and O–H groups in total. The molecule has 1 heterocycles. The maximum Gasteiger partial charge on any atom is 0.341 e. The highest BCUT2D eigenvalue weighted by molar-refractivity contribution is 8.00. The van der Waals surface area contributed by atoms with E-state index < -0.39 is 11.2 Å². The van der Waals surface area contributed by atoms with Crippen molar-refractivity contribution in [1.29, 1.82) is 0 Å². The molecule has 2 amide bonds. The molecule has 0 aliphatic carbocycles. The van der Waals surface area contributed by atoms with Crippen LogP contribution >= 0.6 is 35.3 Å². The Bertz CT molecular complexity index is 1640. The number of para-hydroxylation sites is 3. The van der Waals surface area contributed by atoms with Crippen LogP contribution in [0.5, 0.6) is 5.75 Å². The van der Waals surface area contributed by atoms with Crippen LogP contribution in [0.4, 0.5) is 22.1 Å². The van der Waals surface area contributed by atoms with Crippen molar-refractivity contribution in [2.75, 3.05) is 35.5 Å². The summed E-state index contributed by atoms with van der Waals surface area (Å²) in [6, 6.07) is 23.9. The molecule has 0 aliphatic heterocycles. The molecule has 4 rings (SSSR count). The van der Waals surface area contributed by atoms with Crippen LogP contribution in [0.3, 0.4) is 0 Å². The van der Waals surface area contributed by atoms with Crippen molar-refractivity contribution in [2.45, 2.75) is 24.0 Å². The summed E-state index contributed by atoms with van der Waals surface area (Å²) < 4.78 is 10.3. The minimum atomic E-state index is -0.639. The molecule has 0 fully saturated rings. The van der Waals surface area contributed by atoms with Gasteiger partial charge in [-0.05, 0) is 74.1 Å². The van der Waals surface area contributed by atoms with Crippen LogP contribution in [0.25, 0.3) is 0 Å². The minimum absolute atomic E-state index is 0.151. The number of rotatable bonds is 10. The maximum atomic E-state index is 13.3. The predicted octanol–water partition coefficient (Wildman–Crippen LogP) is 7.03. The molecular weight excluding hydrogens is 605 g/mol. The van der Waals surface area contributed by atoms with E-state index in [1.165, 1.54) is 18.9 Å². The molecule has 1 unspecified atom stereocenters. The van der Waals surface area contributed by atoms with Crippen LogP contribution in [0.2, 0.25) is 0 Å². The van der Waals surface area contributed by atoms with Crippen molar-refractivity contribution >= 4 is 80.3 Å². The number of carbonyl (C=O) groups is 3. The molecule has 0 saturated carbocycles. The van der Waals surface area contributed by atoms with E-state index in [4.69, 9.17) is 21.7 Å². The van der Waals surface area contributed by atoms with Crippen molar-refractivity contribution in [3.05, 3.63) is 94.9 Å². The van der Waals surface area contributed by atoms with E-state index in [2.05, 4.69) is 21.3 Å². The number of thiophene rings is 1. The van der Waals surface area contributed by atoms with Crippen molar-refractivity contribution in [3.63, 3.8) is 0 Å². The molecule has 0 aliphatic rings. The van der Waals surface area contributed by atoms with Gasteiger partial charge in [-0.3, -0.25) is 9.59 Å². The van der Waals surface area contributed by atoms with Gasteiger partial charge in [0.15, 0.2) is 5.11 Å². The number of amides is 2. The first kappa shape index (κ1) is 31.5. The zero-order valence-corrected chi connectivity index (χ0v) is 26.3. The smallest absolute Gasteiger partial charge is 0.341 e. The molecule has 12 heteroatoms. The van der Waals surface area contributed by atoms with Gasteiger partial charge in [-0.15, -0.1) is 23.1 Å². The van der Waals surface area contributed by atoms with Crippen LogP contribution in [-0.4, -0.2) is 42.4 Å². The summed E-state index contributed by atoms with van der Waals surface area (Å²) in [6.07, 6.45) is 0. The van der Waals surface area contributed by atoms with E-state index in [9.17, 15) is 14.4 Å². The predicted molar refractivity (Wildman–Crippen MR) is 178 cm³/mol. The van der Waals surface area contributed by atoms with Crippen molar-refractivity contribution in [1.82, 2.24) is 0 Å². The van der Waals surface area contributed by atoms with Crippen molar-refractivity contribution < 1.29 is 23.9 Å². The normalized spacial score (nSPS) is 11.2. The highest BCUT2D eigenvalue weighted by Gasteiger charge is 2.27. The van der Waals surface area contributed by atoms with Gasteiger partial charge < -0.3 is 30.7 Å². The lowest BCUT2D eigenvalue weighted by Gasteiger charge is -2.15. The summed E-state index contributed by atoms with van der Waals surface area (Å²) in [5, 5.41) is 12.0. The number of nitrogens with one attached hydrogen (secondary N) is 4. The number of thioether (sulfide) groups is 1. The number of benzene rings is 3. The van der Waals surface area contributed by atoms with Crippen LogP contribution in [-0.2, 0) is 9.53 Å². The minimum Gasteiger partial charge on any atom is -0.495 e. The monoisotopic (exact) mass is 634 g/mol. The van der Waals surface area contributed by atoms with Gasteiger partial charge in [0.2, 0.25) is 5.91 Å². The van der Waals surface area contributed by atoms with Crippen LogP contribution in [0.15, 0.2) is 83.8 Å². The zero-order valence-electron chi connectivity index (χ0n) is 23.8. The molecule has 4 aromatic rings. The summed E-state index contributed by atoms with van der Waals surface area (Å²) >= 11 is 7.83. The van der Waals surface area contributed by atoms with Gasteiger partial charge >= 0.3 is 5.97 Å². The molecule has 1 aromatic heterocycles. The van der Waals surface area contributed by atoms with E-state index >= 15 is 0 Å². The Morgan fingerprint density at radius 1 is 0.860 bits per heavy atom. The second-order valence-electron chi connectivity index (χ2n) is 9.13. The Hall–Kier alpha value is -4.39. The second kappa shape index (κ2) is 14.7. The lowest BCUT2D eigenvalue weighted by atomic mass is 10.1. The van der Waals surface area contributed by atoms with Gasteiger partial charge in [0.1, 0.15) is 10.8 Å². The molecule has 0 bridgehead atoms. The van der Waals surface area contributed by atoms with Crippen LogP contribution in [0.1, 0.15) is 32.5 Å². The van der Waals surface area contributed by atoms with Gasteiger partial charge in [-0.25, -0.2) is 4.79 Å². The van der Waals surface area contributed by atoms with Gasteiger partial charge in [-0.1, -0.05) is 36.4 Å². The van der Waals surface area contributed by atoms with Crippen LogP contribution < -0.4 is 26.0 Å². The van der Waals surface area contributed by atoms with Crippen molar-refractivity contribution in [2.24, 2.45) is 0 Å². The van der Waals surface area contributed by atoms with E-state index in [0.29, 0.717) is 27.0 Å². The summed E-state index contributed by atoms with van der Waals surface area (Å²) in [4.78, 5) is 40.0. The number of thiocarbonyl (C=S) groups is 1. The summed E-state index contributed by atoms with van der Waals surface area (Å²) in [6.45, 7) is 3.41. The molecule has 0 radical (unpaired) electrons. The third-order valence-corrected chi connectivity index (χ3v) is 8.64. The Balaban J connectivity index is 1.44. The molecule has 43 heavy (non-hydrogen) atoms. The number of ether oxygens (including phenoxy) is 2. The van der Waals surface area contributed by atoms with Gasteiger partial charge in [-0.2, -0.15) is 0 Å². The second-order valence-corrected chi connectivity index (χ2v) is 12.0. The number of esters is 1. The first-order valence-electron chi connectivity index (χ1n) is 13.1. The van der Waals surface area contributed by atoms with Gasteiger partial charge in [0.05, 0.1) is 35.6 Å². The Kier molecular flexibility index (Phi) is 10.8. The fourth-order valence-electron chi connectivity index (χ4n) is 4.03. The SMILES string of the molecule is COC(=O)c1c(NC(=O)C(C)Sc2cccc(NC(=S)Nc3ccccc3OC)c2)sc(C(=O)Nc2ccccc2)c1C. The largest absolute Gasteiger partial charge is 0.495 e. The van der Waals surface area contributed by atoms with E-state index in [1.54, 1.807) is 45.2 Å². The lowest BCUT2D eigenvalue weighted by molar-refractivity contribution is -0.115. The molecule has 1 atom stereocenters. The Morgan fingerprint density at radius 2 is 1.56 bits per heavy atom. The van der Waals surface area contributed by atoms with E-state index in [0.717, 1.165) is 27.6 Å². The Morgan fingerprint density at radius 3 is 2.28 bits per heavy atom. The first-order chi connectivity index (χ1) is 20.7. The highest BCUT2D eigenvalue weighted by Crippen LogP contribution is 2.35. The average molecular weight is 635 g/mol. The third-order valence-electron chi connectivity index (χ3n) is 6.14. The Labute approximate surface area is 263 Å². The third kappa shape index (κ3) is 8.13. The summed E-state index contributed by atoms with van der Waals surface area (Å²) in [5.74, 6) is -0.696. The zero-order chi connectivity index (χ0) is 30.9. The molecule has 0 spiro atoms. The highest BCUT2D eigenvalue weighted by atomic mass is 32.2. The molecule has 3 aromatic carbocycles. The molecule has 0 saturated heterocycles. The number of hydrogen-bond acceptors (Lipinski definition) is 8. The quantitative estimate of drug-likeness (QED) is 0.0828. The fraction of sp³-hybridized carbons (Fsp3) is 0.161. The topological polar surface area (TPSA) is 118 Å². The average Bonchev–Trinajstić information content (AvgIpc) is 3.32. The maximum absolute atomic E-state index is 13.3. The van der Waals surface area contributed by atoms with Gasteiger partial charge in [0, 0.05) is 16.3 Å². The van der Waals surface area contributed by atoms with Crippen LogP contribution in [0, 0.1) is 6.92 Å². The lowest BCUT2D eigenvalue weighted by Crippen LogP contribution is -2.23. The number of carbonyl (C=O) groups excluding carboxylic acids is 3. The number of anilines is 4. The summed E-state index contributed by atoms with van der Waals surface area (Å²) in [7, 11) is 2.85. The molecule has 222 valence electrons. The van der Waals surface area contributed by atoms with E-state index in [1.807, 2.05) is 54.6 Å². The summed E-state index contributed by atoms with van der Waals surface area (Å²) in [5.41, 5.74) is 2.66. The van der Waals surface area contributed by atoms with E-state index in [-0.39, 0.29) is 22.4 Å². The number of hydrogen-bond donors (Lipinski definition) is 4. The number of methoxy groups -OCH3 is 2. The molecular formula is C31H30N4O5S3. The first-order valence-corrected chi connectivity index (χ1v) is 15.2. The standard InChI is InChI=1S/C31H30N4O5S3/c1-18-25(30(38)40-4)29(43-26(18)28(37)32-20-11-6-5-7-12-20)35-27(36)19(2)42-22-14-10-13-21(17-22)33-31(41)34-23-15-8-9-16-24(23)39-3/h5-17,19H,1-4H3,(H,32,37)(H,35,36)(H2,33,34,41).